The van der Waals surface area contributed by atoms with Gasteiger partial charge in [-0.1, -0.05) is 44.9 Å². The first-order valence-electron chi connectivity index (χ1n) is 8.04. The fourth-order valence-electron chi connectivity index (χ4n) is 2.45. The van der Waals surface area contributed by atoms with Crippen LogP contribution in [0.15, 0.2) is 24.3 Å². The summed E-state index contributed by atoms with van der Waals surface area (Å²) in [4.78, 5) is 31.6. The molecule has 0 aliphatic carbocycles. The highest BCUT2D eigenvalue weighted by molar-refractivity contribution is 5.98. The smallest absolute Gasteiger partial charge is 0.318 e. The van der Waals surface area contributed by atoms with Gasteiger partial charge in [-0.3, -0.25) is 4.79 Å². The second kappa shape index (κ2) is 7.82. The Morgan fingerprint density at radius 3 is 2.41 bits per heavy atom. The van der Waals surface area contributed by atoms with Gasteiger partial charge in [-0.25, -0.2) is 4.79 Å². The van der Waals surface area contributed by atoms with Crippen LogP contribution in [0.3, 0.4) is 0 Å². The summed E-state index contributed by atoms with van der Waals surface area (Å²) in [7, 11) is 0. The highest BCUT2D eigenvalue weighted by Gasteiger charge is 2.31. The minimum atomic E-state index is -0.428. The molecular formula is C17H24N2O3. The van der Waals surface area contributed by atoms with E-state index in [1.54, 1.807) is 11.0 Å². The number of rotatable bonds is 7. The Bertz CT molecular complexity index is 522. The maximum absolute atomic E-state index is 12.3. The van der Waals surface area contributed by atoms with E-state index in [1.165, 1.54) is 0 Å². The van der Waals surface area contributed by atoms with Gasteiger partial charge >= 0.3 is 6.09 Å². The Morgan fingerprint density at radius 2 is 1.82 bits per heavy atom. The second-order valence-electron chi connectivity index (χ2n) is 5.55. The zero-order valence-corrected chi connectivity index (χ0v) is 13.4. The van der Waals surface area contributed by atoms with Crippen LogP contribution in [-0.2, 0) is 11.4 Å². The number of carbonyl (C=O) groups is 2. The van der Waals surface area contributed by atoms with Gasteiger partial charge in [0.05, 0.1) is 6.54 Å². The summed E-state index contributed by atoms with van der Waals surface area (Å²) in [6, 6.07) is 7.34. The largest absolute Gasteiger partial charge is 0.434 e. The minimum absolute atomic E-state index is 0.241. The van der Waals surface area contributed by atoms with Crippen LogP contribution < -0.4 is 0 Å². The molecule has 0 fully saturated rings. The van der Waals surface area contributed by atoms with Crippen LogP contribution in [0.25, 0.3) is 0 Å². The van der Waals surface area contributed by atoms with Gasteiger partial charge < -0.3 is 9.74 Å². The van der Waals surface area contributed by atoms with Crippen molar-refractivity contribution in [2.24, 2.45) is 0 Å². The Balaban J connectivity index is 1.97. The van der Waals surface area contributed by atoms with Crippen molar-refractivity contribution in [2.45, 2.75) is 46.1 Å². The van der Waals surface area contributed by atoms with Crippen molar-refractivity contribution in [1.82, 2.24) is 9.96 Å². The zero-order chi connectivity index (χ0) is 15.9. The number of fused-ring (bicyclic) bond motifs is 1. The van der Waals surface area contributed by atoms with Crippen LogP contribution in [0.4, 0.5) is 4.79 Å². The highest BCUT2D eigenvalue weighted by Crippen LogP contribution is 2.23. The average Bonchev–Trinajstić information content (AvgIpc) is 2.84. The summed E-state index contributed by atoms with van der Waals surface area (Å²) < 4.78 is 0. The molecule has 1 aromatic carbocycles. The van der Waals surface area contributed by atoms with Crippen molar-refractivity contribution < 1.29 is 14.4 Å². The summed E-state index contributed by atoms with van der Waals surface area (Å²) in [5.74, 6) is -0.241. The molecule has 22 heavy (non-hydrogen) atoms. The van der Waals surface area contributed by atoms with Crippen LogP contribution in [0.1, 0.15) is 55.5 Å². The molecule has 0 atom stereocenters. The van der Waals surface area contributed by atoms with Gasteiger partial charge in [0, 0.05) is 18.7 Å². The van der Waals surface area contributed by atoms with E-state index in [9.17, 15) is 9.59 Å². The van der Waals surface area contributed by atoms with E-state index < -0.39 is 6.09 Å². The third kappa shape index (κ3) is 3.78. The summed E-state index contributed by atoms with van der Waals surface area (Å²) in [5, 5.41) is 1.16. The number of unbranched alkanes of at least 4 members (excludes halogenated alkanes) is 2. The lowest BCUT2D eigenvalue weighted by Gasteiger charge is -2.24. The standard InChI is InChI=1S/C17H24N2O3/c1-3-5-11-18(12-6-4-2)17(21)22-19-13-14-9-7-8-10-15(14)16(19)20/h7-10H,3-6,11-13H2,1-2H3. The lowest BCUT2D eigenvalue weighted by Crippen LogP contribution is -2.38. The van der Waals surface area contributed by atoms with Gasteiger partial charge in [-0.15, -0.1) is 0 Å². The zero-order valence-electron chi connectivity index (χ0n) is 13.4. The molecule has 0 aromatic heterocycles. The molecular weight excluding hydrogens is 280 g/mol. The lowest BCUT2D eigenvalue weighted by molar-refractivity contribution is -0.0828. The topological polar surface area (TPSA) is 49.9 Å². The Hall–Kier alpha value is -2.04. The summed E-state index contributed by atoms with van der Waals surface area (Å²) in [6.45, 7) is 5.85. The van der Waals surface area contributed by atoms with Crippen LogP contribution in [0.5, 0.6) is 0 Å². The van der Waals surface area contributed by atoms with E-state index in [4.69, 9.17) is 4.84 Å². The van der Waals surface area contributed by atoms with Gasteiger partial charge in [-0.05, 0) is 24.5 Å². The molecule has 5 nitrogen and oxygen atoms in total. The number of benzene rings is 1. The first-order chi connectivity index (χ1) is 10.7. The van der Waals surface area contributed by atoms with Crippen molar-refractivity contribution in [3.63, 3.8) is 0 Å². The molecule has 1 aliphatic heterocycles. The molecule has 0 spiro atoms. The minimum Gasteiger partial charge on any atom is -0.318 e. The molecule has 120 valence electrons. The molecule has 2 amide bonds. The van der Waals surface area contributed by atoms with Gasteiger partial charge in [0.2, 0.25) is 0 Å². The predicted molar refractivity (Wildman–Crippen MR) is 84.2 cm³/mol. The van der Waals surface area contributed by atoms with Crippen LogP contribution in [-0.4, -0.2) is 35.1 Å². The quantitative estimate of drug-likeness (QED) is 0.773. The number of carbonyl (C=O) groups excluding carboxylic acids is 2. The maximum atomic E-state index is 12.3. The molecule has 0 radical (unpaired) electrons. The number of amides is 2. The predicted octanol–water partition coefficient (Wildman–Crippen LogP) is 3.60. The second-order valence-corrected chi connectivity index (χ2v) is 5.55. The monoisotopic (exact) mass is 304 g/mol. The number of hydrogen-bond donors (Lipinski definition) is 0. The Labute approximate surface area is 131 Å². The molecule has 1 heterocycles. The average molecular weight is 304 g/mol. The van der Waals surface area contributed by atoms with Gasteiger partial charge in [0.1, 0.15) is 0 Å². The van der Waals surface area contributed by atoms with E-state index in [0.29, 0.717) is 25.2 Å². The summed E-state index contributed by atoms with van der Waals surface area (Å²) in [6.07, 6.45) is 3.48. The van der Waals surface area contributed by atoms with Gasteiger partial charge in [-0.2, -0.15) is 5.06 Å². The summed E-state index contributed by atoms with van der Waals surface area (Å²) >= 11 is 0. The van der Waals surface area contributed by atoms with Crippen LogP contribution in [0.2, 0.25) is 0 Å². The van der Waals surface area contributed by atoms with Crippen molar-refractivity contribution in [2.75, 3.05) is 13.1 Å². The van der Waals surface area contributed by atoms with E-state index in [-0.39, 0.29) is 5.91 Å². The Kier molecular flexibility index (Phi) is 5.81. The SMILES string of the molecule is CCCCN(CCCC)C(=O)ON1Cc2ccccc2C1=O. The molecule has 0 unspecified atom stereocenters. The molecule has 1 aliphatic rings. The molecule has 1 aromatic rings. The number of hydrogen-bond acceptors (Lipinski definition) is 3. The van der Waals surface area contributed by atoms with E-state index >= 15 is 0 Å². The molecule has 0 N–H and O–H groups in total. The maximum Gasteiger partial charge on any atom is 0.434 e. The first-order valence-corrected chi connectivity index (χ1v) is 8.04. The third-order valence-electron chi connectivity index (χ3n) is 3.80. The summed E-state index contributed by atoms with van der Waals surface area (Å²) in [5.41, 5.74) is 1.51. The fraction of sp³-hybridized carbons (Fsp3) is 0.529. The van der Waals surface area contributed by atoms with E-state index in [2.05, 4.69) is 13.8 Å². The molecule has 5 heteroatoms. The highest BCUT2D eigenvalue weighted by atomic mass is 16.7. The van der Waals surface area contributed by atoms with Crippen LogP contribution >= 0.6 is 0 Å². The molecule has 0 bridgehead atoms. The number of hydroxylamine groups is 2. The lowest BCUT2D eigenvalue weighted by atomic mass is 10.1. The Morgan fingerprint density at radius 1 is 1.18 bits per heavy atom. The first kappa shape index (κ1) is 16.3. The fourth-order valence-corrected chi connectivity index (χ4v) is 2.45. The van der Waals surface area contributed by atoms with Crippen molar-refractivity contribution in [3.05, 3.63) is 35.4 Å². The van der Waals surface area contributed by atoms with Gasteiger partial charge in [0.25, 0.3) is 5.91 Å². The number of nitrogens with zero attached hydrogens (tertiary/aromatic N) is 2. The van der Waals surface area contributed by atoms with E-state index in [1.807, 2.05) is 18.2 Å². The molecule has 0 saturated heterocycles. The van der Waals surface area contributed by atoms with E-state index in [0.717, 1.165) is 36.3 Å². The van der Waals surface area contributed by atoms with Crippen molar-refractivity contribution in [3.8, 4) is 0 Å². The van der Waals surface area contributed by atoms with Crippen molar-refractivity contribution in [1.29, 1.82) is 0 Å². The van der Waals surface area contributed by atoms with Crippen molar-refractivity contribution >= 4 is 12.0 Å². The third-order valence-corrected chi connectivity index (χ3v) is 3.80. The van der Waals surface area contributed by atoms with Gasteiger partial charge in [0.15, 0.2) is 0 Å². The normalized spacial score (nSPS) is 13.2. The van der Waals surface area contributed by atoms with Crippen LogP contribution in [0, 0.1) is 0 Å². The molecule has 0 saturated carbocycles. The molecule has 2 rings (SSSR count).